The predicted molar refractivity (Wildman–Crippen MR) is 87.9 cm³/mol. The second-order valence-electron chi connectivity index (χ2n) is 4.80. The molecule has 0 aliphatic heterocycles. The van der Waals surface area contributed by atoms with E-state index in [4.69, 9.17) is 4.52 Å². The number of nitrogens with zero attached hydrogens (tertiary/aromatic N) is 2. The third-order valence-corrected chi connectivity index (χ3v) is 5.00. The van der Waals surface area contributed by atoms with Crippen LogP contribution in [-0.4, -0.2) is 18.6 Å². The Labute approximate surface area is 145 Å². The van der Waals surface area contributed by atoms with E-state index in [0.29, 0.717) is 5.82 Å². The first kappa shape index (κ1) is 16.7. The maximum Gasteiger partial charge on any atom is 0.242 e. The quantitative estimate of drug-likeness (QED) is 0.696. The summed E-state index contributed by atoms with van der Waals surface area (Å²) < 4.78 is 45.3. The average molecular weight is 412 g/mol. The topological polar surface area (TPSA) is 85.1 Å². The summed E-state index contributed by atoms with van der Waals surface area (Å²) in [6.07, 6.45) is 0. The van der Waals surface area contributed by atoms with Gasteiger partial charge in [-0.15, -0.1) is 0 Å². The van der Waals surface area contributed by atoms with Crippen LogP contribution in [0.2, 0.25) is 0 Å². The fourth-order valence-corrected chi connectivity index (χ4v) is 3.30. The van der Waals surface area contributed by atoms with Crippen LogP contribution in [0.25, 0.3) is 11.4 Å². The fourth-order valence-electron chi connectivity index (χ4n) is 1.93. The van der Waals surface area contributed by atoms with E-state index in [-0.39, 0.29) is 17.3 Å². The number of sulfonamides is 1. The summed E-state index contributed by atoms with van der Waals surface area (Å²) in [5, 5.41) is 3.82. The molecule has 24 heavy (non-hydrogen) atoms. The molecule has 6 nitrogen and oxygen atoms in total. The molecule has 9 heteroatoms. The monoisotopic (exact) mass is 411 g/mol. The van der Waals surface area contributed by atoms with Crippen molar-refractivity contribution in [1.82, 2.24) is 14.9 Å². The zero-order chi connectivity index (χ0) is 17.2. The predicted octanol–water partition coefficient (Wildman–Crippen LogP) is 3.12. The third kappa shape index (κ3) is 3.86. The van der Waals surface area contributed by atoms with Crippen LogP contribution >= 0.6 is 15.9 Å². The average Bonchev–Trinajstić information content (AvgIpc) is 3.03. The SMILES string of the molecule is O=S(=O)(NCc1nc(-c2cccc(Br)c2)no1)c1ccc(F)cc1. The summed E-state index contributed by atoms with van der Waals surface area (Å²) in [5.74, 6) is -0.0348. The van der Waals surface area contributed by atoms with Crippen LogP contribution in [0.15, 0.2) is 62.4 Å². The van der Waals surface area contributed by atoms with E-state index < -0.39 is 15.8 Å². The third-order valence-electron chi connectivity index (χ3n) is 3.09. The highest BCUT2D eigenvalue weighted by Gasteiger charge is 2.16. The molecule has 0 aliphatic carbocycles. The van der Waals surface area contributed by atoms with Crippen molar-refractivity contribution in [3.63, 3.8) is 0 Å². The van der Waals surface area contributed by atoms with E-state index in [1.807, 2.05) is 24.3 Å². The summed E-state index contributed by atoms with van der Waals surface area (Å²) in [7, 11) is -3.79. The number of rotatable bonds is 5. The molecule has 0 saturated carbocycles. The summed E-state index contributed by atoms with van der Waals surface area (Å²) in [6, 6.07) is 11.8. The van der Waals surface area contributed by atoms with Crippen molar-refractivity contribution in [1.29, 1.82) is 0 Å². The first-order chi connectivity index (χ1) is 11.4. The van der Waals surface area contributed by atoms with E-state index in [9.17, 15) is 12.8 Å². The van der Waals surface area contributed by atoms with Gasteiger partial charge in [-0.2, -0.15) is 4.98 Å². The van der Waals surface area contributed by atoms with Gasteiger partial charge in [0.2, 0.25) is 21.7 Å². The molecule has 0 spiro atoms. The molecule has 0 amide bonds. The maximum atomic E-state index is 12.9. The number of halogens is 2. The van der Waals surface area contributed by atoms with E-state index >= 15 is 0 Å². The lowest BCUT2D eigenvalue weighted by atomic mass is 10.2. The van der Waals surface area contributed by atoms with Crippen molar-refractivity contribution in [2.24, 2.45) is 0 Å². The van der Waals surface area contributed by atoms with Gasteiger partial charge in [0, 0.05) is 10.0 Å². The van der Waals surface area contributed by atoms with E-state index in [1.54, 1.807) is 0 Å². The van der Waals surface area contributed by atoms with Gasteiger partial charge in [0.1, 0.15) is 5.82 Å². The number of hydrogen-bond donors (Lipinski definition) is 1. The Bertz CT molecular complexity index is 958. The Morgan fingerprint density at radius 2 is 1.92 bits per heavy atom. The summed E-state index contributed by atoms with van der Waals surface area (Å²) in [5.41, 5.74) is 0.737. The lowest BCUT2D eigenvalue weighted by molar-refractivity contribution is 0.376. The van der Waals surface area contributed by atoms with E-state index in [2.05, 4.69) is 30.8 Å². The Morgan fingerprint density at radius 3 is 2.62 bits per heavy atom. The van der Waals surface area contributed by atoms with Crippen molar-refractivity contribution in [2.75, 3.05) is 0 Å². The molecule has 0 saturated heterocycles. The Morgan fingerprint density at radius 1 is 1.17 bits per heavy atom. The number of nitrogens with one attached hydrogen (secondary N) is 1. The van der Waals surface area contributed by atoms with E-state index in [0.717, 1.165) is 22.2 Å². The van der Waals surface area contributed by atoms with Gasteiger partial charge >= 0.3 is 0 Å². The van der Waals surface area contributed by atoms with Crippen molar-refractivity contribution in [3.05, 3.63) is 64.7 Å². The molecule has 0 fully saturated rings. The minimum atomic E-state index is -3.79. The van der Waals surface area contributed by atoms with Gasteiger partial charge in [0.05, 0.1) is 11.4 Å². The first-order valence-electron chi connectivity index (χ1n) is 6.78. The van der Waals surface area contributed by atoms with Gasteiger partial charge in [-0.25, -0.2) is 17.5 Å². The number of benzene rings is 2. The zero-order valence-electron chi connectivity index (χ0n) is 12.1. The smallest absolute Gasteiger partial charge is 0.242 e. The Balaban J connectivity index is 1.72. The molecule has 3 rings (SSSR count). The van der Waals surface area contributed by atoms with Crippen LogP contribution in [0.4, 0.5) is 4.39 Å². The minimum absolute atomic E-state index is 0.0457. The van der Waals surface area contributed by atoms with Crippen LogP contribution in [0.5, 0.6) is 0 Å². The van der Waals surface area contributed by atoms with Crippen molar-refractivity contribution in [3.8, 4) is 11.4 Å². The molecule has 0 bridgehead atoms. The molecule has 124 valence electrons. The molecule has 0 unspecified atom stereocenters. The van der Waals surface area contributed by atoms with Gasteiger partial charge in [0.15, 0.2) is 0 Å². The van der Waals surface area contributed by atoms with Gasteiger partial charge < -0.3 is 4.52 Å². The van der Waals surface area contributed by atoms with Crippen LogP contribution < -0.4 is 4.72 Å². The molecule has 2 aromatic carbocycles. The molecule has 0 atom stereocenters. The normalized spacial score (nSPS) is 11.6. The molecule has 1 heterocycles. The van der Waals surface area contributed by atoms with Crippen molar-refractivity contribution < 1.29 is 17.3 Å². The zero-order valence-corrected chi connectivity index (χ0v) is 14.5. The van der Waals surface area contributed by atoms with Crippen molar-refractivity contribution in [2.45, 2.75) is 11.4 Å². The second kappa shape index (κ2) is 6.80. The van der Waals surface area contributed by atoms with Gasteiger partial charge in [-0.3, -0.25) is 0 Å². The highest BCUT2D eigenvalue weighted by atomic mass is 79.9. The maximum absolute atomic E-state index is 12.9. The summed E-state index contributed by atoms with van der Waals surface area (Å²) in [4.78, 5) is 4.10. The van der Waals surface area contributed by atoms with Crippen LogP contribution in [0.1, 0.15) is 5.89 Å². The highest BCUT2D eigenvalue weighted by Crippen LogP contribution is 2.20. The standard InChI is InChI=1S/C15H11BrFN3O3S/c16-11-3-1-2-10(8-11)15-19-14(23-20-15)9-18-24(21,22)13-6-4-12(17)5-7-13/h1-8,18H,9H2. The Hall–Kier alpha value is -2.10. The lowest BCUT2D eigenvalue weighted by Gasteiger charge is -2.04. The van der Waals surface area contributed by atoms with Gasteiger partial charge in [-0.1, -0.05) is 33.2 Å². The molecule has 0 aliphatic rings. The molecular weight excluding hydrogens is 401 g/mol. The molecule has 3 aromatic rings. The highest BCUT2D eigenvalue weighted by molar-refractivity contribution is 9.10. The van der Waals surface area contributed by atoms with Crippen molar-refractivity contribution >= 4 is 26.0 Å². The first-order valence-corrected chi connectivity index (χ1v) is 9.05. The molecule has 0 radical (unpaired) electrons. The molecule has 1 aromatic heterocycles. The van der Waals surface area contributed by atoms with Gasteiger partial charge in [-0.05, 0) is 36.4 Å². The Kier molecular flexibility index (Phi) is 4.74. The number of hydrogen-bond acceptors (Lipinski definition) is 5. The van der Waals surface area contributed by atoms with Crippen LogP contribution in [0.3, 0.4) is 0 Å². The lowest BCUT2D eigenvalue weighted by Crippen LogP contribution is -2.23. The fraction of sp³-hybridized carbons (Fsp3) is 0.0667. The largest absolute Gasteiger partial charge is 0.338 e. The molecule has 1 N–H and O–H groups in total. The van der Waals surface area contributed by atoms with Crippen LogP contribution in [0, 0.1) is 5.82 Å². The van der Waals surface area contributed by atoms with Gasteiger partial charge in [0.25, 0.3) is 0 Å². The second-order valence-corrected chi connectivity index (χ2v) is 7.48. The van der Waals surface area contributed by atoms with E-state index in [1.165, 1.54) is 12.1 Å². The number of aromatic nitrogens is 2. The molecular formula is C15H11BrFN3O3S. The summed E-state index contributed by atoms with van der Waals surface area (Å²) >= 11 is 3.35. The van der Waals surface area contributed by atoms with Crippen LogP contribution in [-0.2, 0) is 16.6 Å². The minimum Gasteiger partial charge on any atom is -0.338 e. The summed E-state index contributed by atoms with van der Waals surface area (Å²) in [6.45, 7) is -0.166.